The number of hydrogen-bond donors (Lipinski definition) is 0. The number of likely N-dealkylation sites (N-methyl/N-ethyl adjacent to an activating group) is 1. The van der Waals surface area contributed by atoms with Crippen molar-refractivity contribution in [3.8, 4) is 0 Å². The molecule has 0 spiro atoms. The number of ether oxygens (including phenoxy) is 1. The molecule has 2 rings (SSSR count). The van der Waals surface area contributed by atoms with Crippen LogP contribution in [0.3, 0.4) is 0 Å². The Morgan fingerprint density at radius 2 is 1.83 bits per heavy atom. The molecule has 0 aliphatic rings. The second-order valence-electron chi connectivity index (χ2n) is 5.27. The Labute approximate surface area is 144 Å². The maximum absolute atomic E-state index is 13.7. The van der Waals surface area contributed by atoms with Crippen molar-refractivity contribution in [2.24, 2.45) is 0 Å². The fourth-order valence-electron chi connectivity index (χ4n) is 2.07. The molecule has 0 atom stereocenters. The van der Waals surface area contributed by atoms with Crippen LogP contribution < -0.4 is 0 Å². The van der Waals surface area contributed by atoms with E-state index >= 15 is 0 Å². The minimum absolute atomic E-state index is 0.000571. The number of amides is 1. The van der Waals surface area contributed by atoms with E-state index in [0.717, 1.165) is 5.56 Å². The van der Waals surface area contributed by atoms with Crippen molar-refractivity contribution < 1.29 is 18.7 Å². The Morgan fingerprint density at radius 1 is 1.12 bits per heavy atom. The van der Waals surface area contributed by atoms with E-state index in [1.54, 1.807) is 18.2 Å². The van der Waals surface area contributed by atoms with Crippen molar-refractivity contribution in [3.05, 3.63) is 70.5 Å². The molecule has 0 heterocycles. The molecule has 0 fully saturated rings. The van der Waals surface area contributed by atoms with Crippen LogP contribution in [-0.4, -0.2) is 30.4 Å². The quantitative estimate of drug-likeness (QED) is 0.752. The van der Waals surface area contributed by atoms with Crippen LogP contribution >= 0.6 is 11.6 Å². The molecule has 0 N–H and O–H groups in total. The SMILES string of the molecule is CN(Cc1c(F)cccc1Cl)C(=O)COC(=O)Cc1ccccc1. The van der Waals surface area contributed by atoms with Gasteiger partial charge in [0.15, 0.2) is 6.61 Å². The Bertz CT molecular complexity index is 701. The van der Waals surface area contributed by atoms with Crippen LogP contribution in [-0.2, 0) is 27.3 Å². The van der Waals surface area contributed by atoms with E-state index in [4.69, 9.17) is 16.3 Å². The summed E-state index contributed by atoms with van der Waals surface area (Å²) >= 11 is 5.93. The van der Waals surface area contributed by atoms with Gasteiger partial charge in [-0.05, 0) is 17.7 Å². The average Bonchev–Trinajstić information content (AvgIpc) is 2.57. The summed E-state index contributed by atoms with van der Waals surface area (Å²) in [5.74, 6) is -1.41. The Morgan fingerprint density at radius 3 is 2.50 bits per heavy atom. The Hall–Kier alpha value is -2.40. The summed E-state index contributed by atoms with van der Waals surface area (Å²) in [6.07, 6.45) is 0.0942. The highest BCUT2D eigenvalue weighted by Crippen LogP contribution is 2.20. The smallest absolute Gasteiger partial charge is 0.310 e. The number of benzene rings is 2. The molecule has 0 saturated heterocycles. The van der Waals surface area contributed by atoms with Crippen molar-refractivity contribution in [1.29, 1.82) is 0 Å². The van der Waals surface area contributed by atoms with Gasteiger partial charge in [-0.15, -0.1) is 0 Å². The summed E-state index contributed by atoms with van der Waals surface area (Å²) in [5.41, 5.74) is 1.03. The van der Waals surface area contributed by atoms with Gasteiger partial charge in [-0.1, -0.05) is 48.0 Å². The van der Waals surface area contributed by atoms with Gasteiger partial charge in [-0.25, -0.2) is 4.39 Å². The van der Waals surface area contributed by atoms with Crippen molar-refractivity contribution in [3.63, 3.8) is 0 Å². The third-order valence-electron chi connectivity index (χ3n) is 3.43. The van der Waals surface area contributed by atoms with E-state index < -0.39 is 24.3 Å². The van der Waals surface area contributed by atoms with Gasteiger partial charge in [0.25, 0.3) is 5.91 Å². The lowest BCUT2D eigenvalue weighted by atomic mass is 10.2. The number of hydrogen-bond acceptors (Lipinski definition) is 3. The molecule has 0 bridgehead atoms. The van der Waals surface area contributed by atoms with Crippen molar-refractivity contribution in [2.45, 2.75) is 13.0 Å². The first-order valence-electron chi connectivity index (χ1n) is 7.33. The van der Waals surface area contributed by atoms with Crippen LogP contribution in [0.1, 0.15) is 11.1 Å². The van der Waals surface area contributed by atoms with Gasteiger partial charge in [0.1, 0.15) is 5.82 Å². The Kier molecular flexibility index (Phi) is 6.32. The van der Waals surface area contributed by atoms with Crippen LogP contribution in [0.15, 0.2) is 48.5 Å². The van der Waals surface area contributed by atoms with Crippen molar-refractivity contribution in [1.82, 2.24) is 4.90 Å². The van der Waals surface area contributed by atoms with Gasteiger partial charge in [-0.3, -0.25) is 9.59 Å². The molecular formula is C18H17ClFNO3. The molecular weight excluding hydrogens is 333 g/mol. The van der Waals surface area contributed by atoms with Crippen LogP contribution in [0.5, 0.6) is 0 Å². The molecule has 1 amide bonds. The van der Waals surface area contributed by atoms with Gasteiger partial charge in [0.2, 0.25) is 0 Å². The summed E-state index contributed by atoms with van der Waals surface area (Å²) in [6.45, 7) is -0.394. The van der Waals surface area contributed by atoms with Crippen LogP contribution in [0, 0.1) is 5.82 Å². The highest BCUT2D eigenvalue weighted by atomic mass is 35.5. The average molecular weight is 350 g/mol. The minimum atomic E-state index is -0.494. The van der Waals surface area contributed by atoms with Crippen molar-refractivity contribution in [2.75, 3.05) is 13.7 Å². The van der Waals surface area contributed by atoms with Gasteiger partial charge in [-0.2, -0.15) is 0 Å². The molecule has 24 heavy (non-hydrogen) atoms. The molecule has 0 unspecified atom stereocenters. The first-order chi connectivity index (χ1) is 11.5. The summed E-state index contributed by atoms with van der Waals surface area (Å²) in [4.78, 5) is 25.0. The highest BCUT2D eigenvalue weighted by molar-refractivity contribution is 6.31. The highest BCUT2D eigenvalue weighted by Gasteiger charge is 2.16. The molecule has 126 valence electrons. The van der Waals surface area contributed by atoms with Crippen molar-refractivity contribution >= 4 is 23.5 Å². The standard InChI is InChI=1S/C18H17ClFNO3/c1-21(11-14-15(19)8-5-9-16(14)20)17(22)12-24-18(23)10-13-6-3-2-4-7-13/h2-9H,10-12H2,1H3. The number of halogens is 2. The lowest BCUT2D eigenvalue weighted by Gasteiger charge is -2.18. The zero-order valence-electron chi connectivity index (χ0n) is 13.2. The normalized spacial score (nSPS) is 10.3. The van der Waals surface area contributed by atoms with E-state index in [1.165, 1.54) is 24.1 Å². The molecule has 0 saturated carbocycles. The number of esters is 1. The Balaban J connectivity index is 1.84. The molecule has 2 aromatic carbocycles. The van der Waals surface area contributed by atoms with Gasteiger partial charge in [0.05, 0.1) is 6.42 Å². The molecule has 4 nitrogen and oxygen atoms in total. The molecule has 0 aromatic heterocycles. The number of carbonyl (C=O) groups excluding carboxylic acids is 2. The maximum Gasteiger partial charge on any atom is 0.310 e. The second kappa shape index (κ2) is 8.45. The number of nitrogens with zero attached hydrogens (tertiary/aromatic N) is 1. The van der Waals surface area contributed by atoms with E-state index in [0.29, 0.717) is 0 Å². The van der Waals surface area contributed by atoms with Crippen LogP contribution in [0.4, 0.5) is 4.39 Å². The first kappa shape index (κ1) is 17.9. The topological polar surface area (TPSA) is 46.6 Å². The largest absolute Gasteiger partial charge is 0.455 e. The predicted molar refractivity (Wildman–Crippen MR) is 89.0 cm³/mol. The zero-order valence-corrected chi connectivity index (χ0v) is 13.9. The summed E-state index contributed by atoms with van der Waals surface area (Å²) < 4.78 is 18.7. The van der Waals surface area contributed by atoms with E-state index in [9.17, 15) is 14.0 Å². The number of rotatable bonds is 6. The minimum Gasteiger partial charge on any atom is -0.455 e. The summed E-state index contributed by atoms with van der Waals surface area (Å²) in [6, 6.07) is 13.4. The molecule has 0 aliphatic carbocycles. The molecule has 0 radical (unpaired) electrons. The second-order valence-corrected chi connectivity index (χ2v) is 5.68. The van der Waals surface area contributed by atoms with Crippen LogP contribution in [0.25, 0.3) is 0 Å². The van der Waals surface area contributed by atoms with E-state index in [1.807, 2.05) is 18.2 Å². The lowest BCUT2D eigenvalue weighted by molar-refractivity contribution is -0.151. The van der Waals surface area contributed by atoms with Gasteiger partial charge >= 0.3 is 5.97 Å². The van der Waals surface area contributed by atoms with E-state index in [2.05, 4.69) is 0 Å². The maximum atomic E-state index is 13.7. The zero-order chi connectivity index (χ0) is 17.5. The molecule has 6 heteroatoms. The third kappa shape index (κ3) is 5.06. The molecule has 0 aliphatic heterocycles. The monoisotopic (exact) mass is 349 g/mol. The predicted octanol–water partition coefficient (Wildman–Crippen LogP) is 3.22. The fraction of sp³-hybridized carbons (Fsp3) is 0.222. The fourth-order valence-corrected chi connectivity index (χ4v) is 2.30. The number of carbonyl (C=O) groups is 2. The first-order valence-corrected chi connectivity index (χ1v) is 7.71. The summed E-state index contributed by atoms with van der Waals surface area (Å²) in [7, 11) is 1.50. The van der Waals surface area contributed by atoms with Gasteiger partial charge in [0, 0.05) is 24.2 Å². The lowest BCUT2D eigenvalue weighted by Crippen LogP contribution is -2.31. The third-order valence-corrected chi connectivity index (χ3v) is 3.78. The van der Waals surface area contributed by atoms with E-state index in [-0.39, 0.29) is 23.6 Å². The van der Waals surface area contributed by atoms with Gasteiger partial charge < -0.3 is 9.64 Å². The summed E-state index contributed by atoms with van der Waals surface area (Å²) in [5, 5.41) is 0.246. The molecule has 2 aromatic rings. The van der Waals surface area contributed by atoms with Crippen LogP contribution in [0.2, 0.25) is 5.02 Å².